The van der Waals surface area contributed by atoms with Gasteiger partial charge >= 0.3 is 0 Å². The molecular weight excluding hydrogens is 979 g/mol. The van der Waals surface area contributed by atoms with E-state index in [0.717, 1.165) is 48.2 Å². The molecule has 0 aliphatic carbocycles. The van der Waals surface area contributed by atoms with Crippen LogP contribution in [-0.2, 0) is 50.7 Å². The number of carbonyl (C=O) groups excluding carboxylic acids is 3. The number of aromatic nitrogens is 4. The van der Waals surface area contributed by atoms with E-state index in [0.29, 0.717) is 6.42 Å². The van der Waals surface area contributed by atoms with E-state index in [9.17, 15) is 63.0 Å². The number of phosphoric ester groups is 3. The zero-order chi connectivity index (χ0) is 50.5. The fraction of sp³-hybridized carbons (Fsp3) is 0.795. The van der Waals surface area contributed by atoms with Crippen molar-refractivity contribution >= 4 is 69.1 Å². The van der Waals surface area contributed by atoms with Crippen LogP contribution in [0.3, 0.4) is 0 Å². The van der Waals surface area contributed by atoms with Crippen molar-refractivity contribution in [2.24, 2.45) is 5.41 Å². The minimum absolute atomic E-state index is 0.0171. The van der Waals surface area contributed by atoms with E-state index < -0.39 is 90.7 Å². The van der Waals surface area contributed by atoms with Gasteiger partial charge in [-0.15, -0.1) is 0 Å². The Hall–Kier alpha value is -2.48. The number of hydrogen-bond donors (Lipinski definition) is 6. The van der Waals surface area contributed by atoms with Crippen molar-refractivity contribution in [3.63, 3.8) is 0 Å². The molecule has 25 nitrogen and oxygen atoms in total. The van der Waals surface area contributed by atoms with E-state index in [2.05, 4.69) is 50.4 Å². The van der Waals surface area contributed by atoms with E-state index in [-0.39, 0.29) is 53.8 Å². The molecule has 0 aromatic carbocycles. The Balaban J connectivity index is 1.31. The number of thioether (sulfide) groups is 1. The van der Waals surface area contributed by atoms with E-state index in [4.69, 9.17) is 10.5 Å². The van der Waals surface area contributed by atoms with Crippen LogP contribution >= 0.6 is 35.2 Å². The van der Waals surface area contributed by atoms with Crippen LogP contribution in [-0.4, -0.2) is 114 Å². The number of nitrogens with two attached hydrogens (primary N) is 1. The number of nitrogens with zero attached hydrogens (tertiary/aromatic N) is 4. The molecule has 2 aromatic heterocycles. The van der Waals surface area contributed by atoms with Gasteiger partial charge in [0.2, 0.25) is 11.8 Å². The van der Waals surface area contributed by atoms with Gasteiger partial charge in [0.05, 0.1) is 33.5 Å². The molecular formula is C39H66N7O18P3S-4. The van der Waals surface area contributed by atoms with Crippen LogP contribution < -0.4 is 35.9 Å². The molecule has 68 heavy (non-hydrogen) atoms. The molecule has 390 valence electrons. The highest BCUT2D eigenvalue weighted by molar-refractivity contribution is 8.13. The molecule has 1 fully saturated rings. The SMILES string of the molecule is CCCCCCCCCCCCCCC[C@H](O)CC(=O)SCCNC(=O)CCNC(=O)[C@H](O)C(C)(C)COP(=O)([O-])OP(=O)([O-])OC[C@H]1O[C@@H](n2cnc3c(N)ncnc32)[C@H](O)[C@@H]1OP(=O)([O-])[O-]. The van der Waals surface area contributed by atoms with Gasteiger partial charge in [-0.05, 0) is 6.42 Å². The Morgan fingerprint density at radius 3 is 2.12 bits per heavy atom. The van der Waals surface area contributed by atoms with Gasteiger partial charge in [-0.25, -0.2) is 19.3 Å². The molecule has 2 unspecified atom stereocenters. The summed E-state index contributed by atoms with van der Waals surface area (Å²) in [5.74, 6) is -1.32. The molecule has 1 aliphatic heterocycles. The zero-order valence-corrected chi connectivity index (χ0v) is 42.0. The number of anilines is 1. The smallest absolute Gasteiger partial charge is 0.274 e. The number of hydrogen-bond acceptors (Lipinski definition) is 23. The number of unbranched alkanes of at least 4 members (excludes halogenated alkanes) is 12. The number of aliphatic hydroxyl groups excluding tert-OH is 3. The van der Waals surface area contributed by atoms with E-state index in [1.165, 1.54) is 78.1 Å². The Kier molecular flexibility index (Phi) is 25.6. The fourth-order valence-corrected chi connectivity index (χ4v) is 10.5. The lowest BCUT2D eigenvalue weighted by Gasteiger charge is -2.36. The third-order valence-electron chi connectivity index (χ3n) is 10.8. The maximum absolute atomic E-state index is 12.6. The summed E-state index contributed by atoms with van der Waals surface area (Å²) < 4.78 is 60.8. The van der Waals surface area contributed by atoms with Crippen LogP contribution in [0, 0.1) is 5.41 Å². The normalized spacial score (nSPS) is 20.4. The van der Waals surface area contributed by atoms with Crippen molar-refractivity contribution in [3.05, 3.63) is 12.7 Å². The third kappa shape index (κ3) is 21.9. The summed E-state index contributed by atoms with van der Waals surface area (Å²) in [6, 6.07) is 0. The van der Waals surface area contributed by atoms with E-state index >= 15 is 0 Å². The number of nitrogen functional groups attached to an aromatic ring is 1. The van der Waals surface area contributed by atoms with Crippen LogP contribution in [0.2, 0.25) is 0 Å². The number of imidazole rings is 1. The molecule has 2 aromatic rings. The summed E-state index contributed by atoms with van der Waals surface area (Å²) in [7, 11) is -17.6. The number of aliphatic hydroxyl groups is 3. The van der Waals surface area contributed by atoms with Gasteiger partial charge in [-0.2, -0.15) is 0 Å². The predicted molar refractivity (Wildman–Crippen MR) is 239 cm³/mol. The largest absolute Gasteiger partial charge is 0.790 e. The van der Waals surface area contributed by atoms with Gasteiger partial charge in [0, 0.05) is 37.1 Å². The van der Waals surface area contributed by atoms with Gasteiger partial charge < -0.3 is 74.1 Å². The highest BCUT2D eigenvalue weighted by atomic mass is 32.2. The van der Waals surface area contributed by atoms with Gasteiger partial charge in [0.1, 0.15) is 36.3 Å². The number of amides is 2. The predicted octanol–water partition coefficient (Wildman–Crippen LogP) is 1.37. The van der Waals surface area contributed by atoms with Gasteiger partial charge in [-0.3, -0.25) is 28.1 Å². The summed E-state index contributed by atoms with van der Waals surface area (Å²) in [6.07, 6.45) is 8.05. The minimum Gasteiger partial charge on any atom is -0.790 e. The Labute approximate surface area is 399 Å². The van der Waals surface area contributed by atoms with Gasteiger partial charge in [0.15, 0.2) is 22.8 Å². The zero-order valence-electron chi connectivity index (χ0n) is 38.5. The molecule has 0 saturated carbocycles. The van der Waals surface area contributed by atoms with Crippen molar-refractivity contribution in [2.45, 2.75) is 160 Å². The molecule has 29 heteroatoms. The van der Waals surface area contributed by atoms with Gasteiger partial charge in [0.25, 0.3) is 15.6 Å². The molecule has 8 atom stereocenters. The number of carbonyl (C=O) groups is 3. The Morgan fingerprint density at radius 2 is 1.50 bits per heavy atom. The number of phosphoric acid groups is 3. The molecule has 3 heterocycles. The number of fused-ring (bicyclic) bond motifs is 1. The minimum atomic E-state index is -5.93. The quantitative estimate of drug-likeness (QED) is 0.0419. The van der Waals surface area contributed by atoms with Crippen molar-refractivity contribution in [1.82, 2.24) is 30.2 Å². The Morgan fingerprint density at radius 1 is 0.897 bits per heavy atom. The van der Waals surface area contributed by atoms with E-state index in [1.807, 2.05) is 0 Å². The average molecular weight is 1050 g/mol. The van der Waals surface area contributed by atoms with Crippen LogP contribution in [0.4, 0.5) is 5.82 Å². The monoisotopic (exact) mass is 1050 g/mol. The summed E-state index contributed by atoms with van der Waals surface area (Å²) in [5, 5.41) is 36.4. The molecule has 0 spiro atoms. The van der Waals surface area contributed by atoms with Gasteiger partial charge in [-0.1, -0.05) is 116 Å². The summed E-state index contributed by atoms with van der Waals surface area (Å²) in [6.45, 7) is 2.23. The topological polar surface area (TPSA) is 395 Å². The first kappa shape index (κ1) is 59.8. The fourth-order valence-electron chi connectivity index (χ4n) is 7.02. The molecule has 1 aliphatic rings. The lowest BCUT2D eigenvalue weighted by Crippen LogP contribution is -2.46. The summed E-state index contributed by atoms with van der Waals surface area (Å²) in [5.41, 5.74) is 4.06. The highest BCUT2D eigenvalue weighted by Crippen LogP contribution is 2.56. The molecule has 1 saturated heterocycles. The summed E-state index contributed by atoms with van der Waals surface area (Å²) >= 11 is 0.989. The van der Waals surface area contributed by atoms with Crippen molar-refractivity contribution in [3.8, 4) is 0 Å². The maximum atomic E-state index is 12.6. The second-order valence-electron chi connectivity index (χ2n) is 17.1. The van der Waals surface area contributed by atoms with Crippen LogP contribution in [0.15, 0.2) is 12.7 Å². The summed E-state index contributed by atoms with van der Waals surface area (Å²) in [4.78, 5) is 96.9. The second-order valence-corrected chi connectivity index (χ2v) is 22.3. The Bertz CT molecular complexity index is 2030. The third-order valence-corrected chi connectivity index (χ3v) is 14.7. The number of ether oxygens (including phenoxy) is 1. The van der Waals surface area contributed by atoms with Crippen LogP contribution in [0.5, 0.6) is 0 Å². The number of rotatable bonds is 35. The lowest BCUT2D eigenvalue weighted by molar-refractivity contribution is -0.347. The van der Waals surface area contributed by atoms with E-state index in [1.54, 1.807) is 0 Å². The molecule has 3 rings (SSSR count). The molecule has 0 bridgehead atoms. The first-order valence-corrected chi connectivity index (χ1v) is 28.0. The first-order valence-electron chi connectivity index (χ1n) is 22.6. The second kappa shape index (κ2) is 29.1. The molecule has 0 radical (unpaired) electrons. The first-order chi connectivity index (χ1) is 31.9. The van der Waals surface area contributed by atoms with Crippen molar-refractivity contribution in [2.75, 3.05) is 37.8 Å². The average Bonchev–Trinajstić information content (AvgIpc) is 3.82. The standard InChI is InChI=1S/C39H70N7O18P3S/c1-4-5-6-7-8-9-10-11-12-13-14-15-16-17-27(47)22-30(49)68-21-20-41-29(48)18-19-42-37(52)34(51)39(2,3)24-61-67(58,59)64-66(56,57)60-23-28-33(63-65(53,54)55)32(50)38(62-28)46-26-45-31-35(40)43-25-44-36(31)46/h25-28,32-34,38,47,50-51H,4-24H2,1-3H3,(H,41,48)(H,42,52)(H,56,57)(H,58,59)(H2,40,43,44)(H2,53,54,55)/p-4/t27-,28+,32+,33+,34-,38+/m0/s1. The maximum Gasteiger partial charge on any atom is 0.274 e. The molecule has 2 amide bonds. The van der Waals surface area contributed by atoms with Crippen molar-refractivity contribution in [1.29, 1.82) is 0 Å². The highest BCUT2D eigenvalue weighted by Gasteiger charge is 2.47. The number of nitrogens with one attached hydrogen (secondary N) is 2. The van der Waals surface area contributed by atoms with Crippen molar-refractivity contribution < 1.29 is 85.6 Å². The lowest BCUT2D eigenvalue weighted by atomic mass is 9.87. The molecule has 7 N–H and O–H groups in total. The van der Waals surface area contributed by atoms with Crippen LogP contribution in [0.1, 0.15) is 130 Å². The van der Waals surface area contributed by atoms with Crippen LogP contribution in [0.25, 0.3) is 11.2 Å².